The van der Waals surface area contributed by atoms with Gasteiger partial charge in [0.1, 0.15) is 23.1 Å². The summed E-state index contributed by atoms with van der Waals surface area (Å²) >= 11 is 0. The Balaban J connectivity index is 1.75. The number of hydrazine groups is 1. The summed E-state index contributed by atoms with van der Waals surface area (Å²) < 4.78 is 3.27. The van der Waals surface area contributed by atoms with Crippen LogP contribution in [0.3, 0.4) is 0 Å². The first-order valence-corrected chi connectivity index (χ1v) is 8.62. The number of hydrogen-bond acceptors (Lipinski definition) is 8. The molecule has 0 aliphatic carbocycles. The van der Waals surface area contributed by atoms with E-state index in [0.29, 0.717) is 23.0 Å². The maximum Gasteiger partial charge on any atom is 0.252 e. The fourth-order valence-corrected chi connectivity index (χ4v) is 2.82. The summed E-state index contributed by atoms with van der Waals surface area (Å²) in [4.78, 5) is 8.38. The van der Waals surface area contributed by atoms with E-state index in [1.54, 1.807) is 18.5 Å². The molecule has 4 rings (SSSR count). The van der Waals surface area contributed by atoms with Crippen molar-refractivity contribution in [2.75, 3.05) is 10.9 Å². The van der Waals surface area contributed by atoms with Crippen molar-refractivity contribution in [2.24, 2.45) is 0 Å². The zero-order chi connectivity index (χ0) is 19.9. The van der Waals surface area contributed by atoms with Crippen LogP contribution in [0.2, 0.25) is 0 Å². The Kier molecular flexibility index (Phi) is 3.96. The number of H-pyrrole nitrogens is 1. The normalized spacial score (nSPS) is 11.5. The topological polar surface area (TPSA) is 137 Å². The zero-order valence-corrected chi connectivity index (χ0v) is 15.9. The van der Waals surface area contributed by atoms with E-state index in [2.05, 4.69) is 68.1 Å². The molecule has 0 aliphatic heterocycles. The average Bonchev–Trinajstić information content (AvgIpc) is 3.35. The standard InChI is InChI=1S/C17H19N11/c1-10-22-25-15-12(13(17(2,3)4)26-27(10)15)23-24-14-11(8-18)9-21-28(14)16-19-6-5-7-20-16/h5-7,9,23-24,26H,1-4H3. The molecule has 4 aromatic rings. The quantitative estimate of drug-likeness (QED) is 0.459. The summed E-state index contributed by atoms with van der Waals surface area (Å²) in [6.45, 7) is 8.15. The molecular formula is C17H19N11. The van der Waals surface area contributed by atoms with Crippen molar-refractivity contribution in [1.29, 1.82) is 5.26 Å². The summed E-state index contributed by atoms with van der Waals surface area (Å²) in [6, 6.07) is 3.83. The van der Waals surface area contributed by atoms with Crippen LogP contribution in [0.4, 0.5) is 11.5 Å². The van der Waals surface area contributed by atoms with Crippen molar-refractivity contribution in [3.05, 3.63) is 41.7 Å². The monoisotopic (exact) mass is 377 g/mol. The van der Waals surface area contributed by atoms with Gasteiger partial charge in [-0.3, -0.25) is 16.0 Å². The first-order valence-electron chi connectivity index (χ1n) is 8.62. The maximum absolute atomic E-state index is 9.45. The van der Waals surface area contributed by atoms with E-state index in [1.807, 2.05) is 11.4 Å². The number of nitrogens with one attached hydrogen (secondary N) is 3. The van der Waals surface area contributed by atoms with Crippen molar-refractivity contribution < 1.29 is 0 Å². The number of fused-ring (bicyclic) bond motifs is 1. The Morgan fingerprint density at radius 3 is 2.57 bits per heavy atom. The van der Waals surface area contributed by atoms with Gasteiger partial charge in [-0.15, -0.1) is 10.2 Å². The third-order valence-electron chi connectivity index (χ3n) is 4.21. The van der Waals surface area contributed by atoms with Crippen molar-refractivity contribution in [1.82, 2.24) is 39.6 Å². The van der Waals surface area contributed by atoms with Gasteiger partial charge in [-0.2, -0.15) is 15.0 Å². The molecule has 0 saturated carbocycles. The Morgan fingerprint density at radius 2 is 1.89 bits per heavy atom. The van der Waals surface area contributed by atoms with Crippen LogP contribution in [0.5, 0.6) is 0 Å². The van der Waals surface area contributed by atoms with Crippen LogP contribution in [0.15, 0.2) is 24.7 Å². The highest BCUT2D eigenvalue weighted by molar-refractivity contribution is 5.74. The molecule has 0 saturated heterocycles. The second-order valence-electron chi connectivity index (χ2n) is 7.25. The highest BCUT2D eigenvalue weighted by Crippen LogP contribution is 2.32. The predicted octanol–water partition coefficient (Wildman–Crippen LogP) is 1.95. The highest BCUT2D eigenvalue weighted by Gasteiger charge is 2.26. The largest absolute Gasteiger partial charge is 0.294 e. The van der Waals surface area contributed by atoms with E-state index in [1.165, 1.54) is 10.9 Å². The maximum atomic E-state index is 9.45. The van der Waals surface area contributed by atoms with Crippen LogP contribution in [0.1, 0.15) is 37.9 Å². The Bertz CT molecular complexity index is 1170. The number of nitriles is 1. The minimum atomic E-state index is -0.183. The van der Waals surface area contributed by atoms with Crippen LogP contribution in [-0.2, 0) is 5.41 Å². The number of hydrogen-bond donors (Lipinski definition) is 3. The van der Waals surface area contributed by atoms with Gasteiger partial charge in [0.2, 0.25) is 5.65 Å². The summed E-state index contributed by atoms with van der Waals surface area (Å²) in [5, 5.41) is 25.4. The van der Waals surface area contributed by atoms with Gasteiger partial charge < -0.3 is 0 Å². The van der Waals surface area contributed by atoms with Crippen LogP contribution in [0.25, 0.3) is 11.6 Å². The highest BCUT2D eigenvalue weighted by atomic mass is 15.5. The lowest BCUT2D eigenvalue weighted by Gasteiger charge is -2.19. The van der Waals surface area contributed by atoms with Gasteiger partial charge in [-0.25, -0.2) is 14.5 Å². The van der Waals surface area contributed by atoms with Gasteiger partial charge in [0.15, 0.2) is 5.82 Å². The molecule has 11 heteroatoms. The molecule has 0 spiro atoms. The van der Waals surface area contributed by atoms with Gasteiger partial charge in [-0.1, -0.05) is 20.8 Å². The molecule has 0 unspecified atom stereocenters. The number of aryl methyl sites for hydroxylation is 1. The molecule has 142 valence electrons. The third-order valence-corrected chi connectivity index (χ3v) is 4.21. The zero-order valence-electron chi connectivity index (χ0n) is 15.9. The van der Waals surface area contributed by atoms with Crippen LogP contribution in [0, 0.1) is 18.3 Å². The third kappa shape index (κ3) is 2.81. The summed E-state index contributed by atoms with van der Waals surface area (Å²) in [7, 11) is 0. The number of rotatable bonds is 4. The van der Waals surface area contributed by atoms with E-state index in [9.17, 15) is 5.26 Å². The molecular weight excluding hydrogens is 358 g/mol. The molecule has 0 fully saturated rings. The molecule has 4 aromatic heterocycles. The average molecular weight is 377 g/mol. The van der Waals surface area contributed by atoms with E-state index in [4.69, 9.17) is 0 Å². The fourth-order valence-electron chi connectivity index (χ4n) is 2.82. The molecule has 0 bridgehead atoms. The van der Waals surface area contributed by atoms with Gasteiger partial charge in [0, 0.05) is 17.8 Å². The second-order valence-corrected chi connectivity index (χ2v) is 7.25. The SMILES string of the molecule is Cc1nnc2c(NNc3c(C#N)cnn3-c3ncccn3)c(C(C)(C)C)[nH]n12. The molecule has 0 amide bonds. The van der Waals surface area contributed by atoms with Gasteiger partial charge in [0.05, 0.1) is 11.9 Å². The summed E-state index contributed by atoms with van der Waals surface area (Å²) in [6.07, 6.45) is 4.68. The molecule has 4 heterocycles. The van der Waals surface area contributed by atoms with Crippen molar-refractivity contribution >= 4 is 17.2 Å². The Labute approximate surface area is 160 Å². The van der Waals surface area contributed by atoms with Crippen molar-refractivity contribution in [2.45, 2.75) is 33.1 Å². The van der Waals surface area contributed by atoms with Crippen LogP contribution >= 0.6 is 0 Å². The minimum Gasteiger partial charge on any atom is -0.294 e. The van der Waals surface area contributed by atoms with E-state index in [0.717, 1.165) is 17.2 Å². The Morgan fingerprint density at radius 1 is 1.14 bits per heavy atom. The van der Waals surface area contributed by atoms with E-state index < -0.39 is 0 Å². The van der Waals surface area contributed by atoms with E-state index >= 15 is 0 Å². The lowest BCUT2D eigenvalue weighted by atomic mass is 9.91. The molecule has 0 aliphatic rings. The second kappa shape index (κ2) is 6.34. The van der Waals surface area contributed by atoms with Gasteiger partial charge in [-0.05, 0) is 13.0 Å². The molecule has 0 aromatic carbocycles. The lowest BCUT2D eigenvalue weighted by molar-refractivity contribution is 0.562. The first-order chi connectivity index (χ1) is 13.4. The predicted molar refractivity (Wildman–Crippen MR) is 102 cm³/mol. The number of nitrogens with zero attached hydrogens (tertiary/aromatic N) is 8. The molecule has 0 radical (unpaired) electrons. The van der Waals surface area contributed by atoms with Gasteiger partial charge in [0.25, 0.3) is 5.95 Å². The minimum absolute atomic E-state index is 0.183. The summed E-state index contributed by atoms with van der Waals surface area (Å²) in [5.74, 6) is 1.51. The number of anilines is 2. The fraction of sp³-hybridized carbons (Fsp3) is 0.294. The van der Waals surface area contributed by atoms with Crippen molar-refractivity contribution in [3.63, 3.8) is 0 Å². The molecule has 28 heavy (non-hydrogen) atoms. The van der Waals surface area contributed by atoms with Crippen LogP contribution < -0.4 is 10.9 Å². The molecule has 3 N–H and O–H groups in total. The lowest BCUT2D eigenvalue weighted by Crippen LogP contribution is -2.19. The number of aromatic amines is 1. The first kappa shape index (κ1) is 17.5. The summed E-state index contributed by atoms with van der Waals surface area (Å²) in [5.41, 5.74) is 8.73. The number of aromatic nitrogens is 8. The van der Waals surface area contributed by atoms with Gasteiger partial charge >= 0.3 is 0 Å². The van der Waals surface area contributed by atoms with Crippen LogP contribution in [-0.4, -0.2) is 39.6 Å². The molecule has 11 nitrogen and oxygen atoms in total. The van der Waals surface area contributed by atoms with E-state index in [-0.39, 0.29) is 5.41 Å². The smallest absolute Gasteiger partial charge is 0.252 e. The molecule has 0 atom stereocenters. The Hall–Kier alpha value is -3.94. The van der Waals surface area contributed by atoms with Crippen molar-refractivity contribution in [3.8, 4) is 12.0 Å².